The summed E-state index contributed by atoms with van der Waals surface area (Å²) in [6.45, 7) is 1.88. The number of hydrogen-bond acceptors (Lipinski definition) is 7. The minimum absolute atomic E-state index is 0.0255. The van der Waals surface area contributed by atoms with Crippen molar-refractivity contribution in [3.8, 4) is 16.3 Å². The highest BCUT2D eigenvalue weighted by atomic mass is 35.5. The summed E-state index contributed by atoms with van der Waals surface area (Å²) in [5.41, 5.74) is 2.20. The molecule has 0 saturated heterocycles. The van der Waals surface area contributed by atoms with Gasteiger partial charge < -0.3 is 14.7 Å². The molecule has 0 bridgehead atoms. The number of carbonyl (C=O) groups excluding carboxylic acids is 1. The van der Waals surface area contributed by atoms with E-state index in [0.717, 1.165) is 35.5 Å². The van der Waals surface area contributed by atoms with Crippen molar-refractivity contribution >= 4 is 35.1 Å². The topological polar surface area (TPSA) is 81.0 Å². The van der Waals surface area contributed by atoms with Crippen LogP contribution in [0.3, 0.4) is 0 Å². The quantitative estimate of drug-likeness (QED) is 0.336. The van der Waals surface area contributed by atoms with E-state index < -0.39 is 0 Å². The number of aryl methyl sites for hydroxylation is 1. The first-order valence-electron chi connectivity index (χ1n) is 8.71. The van der Waals surface area contributed by atoms with Gasteiger partial charge in [-0.15, -0.1) is 11.3 Å². The highest BCUT2D eigenvalue weighted by Gasteiger charge is 2.29. The van der Waals surface area contributed by atoms with Gasteiger partial charge in [0.2, 0.25) is 0 Å². The lowest BCUT2D eigenvalue weighted by molar-refractivity contribution is -0.147. The third-order valence-corrected chi connectivity index (χ3v) is 5.95. The molecule has 1 N–H and O–H groups in total. The number of carbonyl (C=O) groups is 1. The van der Waals surface area contributed by atoms with Crippen LogP contribution in [0.1, 0.15) is 36.9 Å². The fraction of sp³-hybridized carbons (Fsp3) is 0.421. The molecule has 1 fully saturated rings. The highest BCUT2D eigenvalue weighted by Crippen LogP contribution is 2.36. The Morgan fingerprint density at radius 1 is 1.44 bits per heavy atom. The van der Waals surface area contributed by atoms with E-state index in [1.807, 2.05) is 19.1 Å². The maximum absolute atomic E-state index is 11.8. The molecule has 2 aromatic heterocycles. The first-order chi connectivity index (χ1) is 13.0. The number of thiophene rings is 1. The van der Waals surface area contributed by atoms with Gasteiger partial charge in [0.25, 0.3) is 0 Å². The normalized spacial score (nSPS) is 20.0. The summed E-state index contributed by atoms with van der Waals surface area (Å²) in [5.74, 6) is 0.435. The molecule has 2 heterocycles. The summed E-state index contributed by atoms with van der Waals surface area (Å²) in [6.07, 6.45) is 4.66. The van der Waals surface area contributed by atoms with Gasteiger partial charge in [-0.3, -0.25) is 4.79 Å². The summed E-state index contributed by atoms with van der Waals surface area (Å²) in [6, 6.07) is 5.48. The molecule has 0 aromatic carbocycles. The number of pyridine rings is 1. The summed E-state index contributed by atoms with van der Waals surface area (Å²) < 4.78 is 11.6. The molecule has 1 aliphatic carbocycles. The molecule has 0 aliphatic heterocycles. The number of aromatic nitrogens is 1. The molecule has 6 nitrogen and oxygen atoms in total. The molecule has 0 radical (unpaired) electrons. The van der Waals surface area contributed by atoms with E-state index >= 15 is 0 Å². The third kappa shape index (κ3) is 4.59. The Bertz CT molecular complexity index is 852. The first kappa shape index (κ1) is 19.6. The molecule has 1 saturated carbocycles. The van der Waals surface area contributed by atoms with Crippen LogP contribution in [0.15, 0.2) is 23.4 Å². The van der Waals surface area contributed by atoms with Crippen LogP contribution in [0.4, 0.5) is 0 Å². The fourth-order valence-electron chi connectivity index (χ4n) is 3.34. The van der Waals surface area contributed by atoms with Gasteiger partial charge in [-0.1, -0.05) is 16.8 Å². The van der Waals surface area contributed by atoms with Crippen molar-refractivity contribution < 1.29 is 19.5 Å². The minimum Gasteiger partial charge on any atom is -0.489 e. The van der Waals surface area contributed by atoms with Gasteiger partial charge in [-0.25, -0.2) is 4.98 Å². The van der Waals surface area contributed by atoms with Crippen LogP contribution in [-0.2, 0) is 9.53 Å². The van der Waals surface area contributed by atoms with E-state index in [4.69, 9.17) is 26.3 Å². The second-order valence-electron chi connectivity index (χ2n) is 6.49. The number of halogens is 1. The molecule has 8 heteroatoms. The molecule has 1 aliphatic rings. The van der Waals surface area contributed by atoms with Crippen LogP contribution in [0.2, 0.25) is 4.34 Å². The number of methoxy groups -OCH3 is 1. The molecular formula is C19H21ClN2O4S. The second kappa shape index (κ2) is 8.71. The monoisotopic (exact) mass is 408 g/mol. The molecule has 0 spiro atoms. The van der Waals surface area contributed by atoms with E-state index in [1.165, 1.54) is 24.7 Å². The number of oxime groups is 1. The maximum atomic E-state index is 11.8. The zero-order valence-electron chi connectivity index (χ0n) is 15.1. The van der Waals surface area contributed by atoms with Crippen molar-refractivity contribution in [3.63, 3.8) is 0 Å². The Balaban J connectivity index is 1.77. The predicted octanol–water partition coefficient (Wildman–Crippen LogP) is 4.69. The zero-order valence-corrected chi connectivity index (χ0v) is 16.7. The third-order valence-electron chi connectivity index (χ3n) is 4.65. The Hall–Kier alpha value is -2.12. The summed E-state index contributed by atoms with van der Waals surface area (Å²) in [4.78, 5) is 17.2. The van der Waals surface area contributed by atoms with Crippen molar-refractivity contribution in [1.82, 2.24) is 4.98 Å². The van der Waals surface area contributed by atoms with E-state index in [-0.39, 0.29) is 18.0 Å². The molecule has 3 rings (SSSR count). The van der Waals surface area contributed by atoms with Crippen molar-refractivity contribution in [2.45, 2.75) is 38.7 Å². The van der Waals surface area contributed by atoms with Crippen LogP contribution in [-0.4, -0.2) is 35.6 Å². The Labute approximate surface area is 166 Å². The lowest BCUT2D eigenvalue weighted by Gasteiger charge is -2.28. The summed E-state index contributed by atoms with van der Waals surface area (Å²) in [7, 11) is 1.42. The van der Waals surface area contributed by atoms with Crippen molar-refractivity contribution in [2.75, 3.05) is 7.11 Å². The molecule has 2 atom stereocenters. The molecule has 2 aromatic rings. The Morgan fingerprint density at radius 3 is 2.96 bits per heavy atom. The van der Waals surface area contributed by atoms with Crippen LogP contribution in [0.25, 0.3) is 10.6 Å². The average molecular weight is 409 g/mol. The molecule has 0 unspecified atom stereocenters. The van der Waals surface area contributed by atoms with Crippen molar-refractivity contribution in [1.29, 1.82) is 0 Å². The average Bonchev–Trinajstić information content (AvgIpc) is 3.03. The van der Waals surface area contributed by atoms with Crippen LogP contribution in [0.5, 0.6) is 5.75 Å². The molecular weight excluding hydrogens is 388 g/mol. The zero-order chi connectivity index (χ0) is 19.4. The van der Waals surface area contributed by atoms with Gasteiger partial charge >= 0.3 is 5.97 Å². The van der Waals surface area contributed by atoms with E-state index in [1.54, 1.807) is 6.07 Å². The van der Waals surface area contributed by atoms with Gasteiger partial charge in [-0.2, -0.15) is 0 Å². The molecule has 0 amide bonds. The van der Waals surface area contributed by atoms with E-state index in [0.29, 0.717) is 22.1 Å². The number of esters is 1. The lowest BCUT2D eigenvalue weighted by atomic mass is 9.87. The standard InChI is InChI=1S/C19H21ClN2O4S/c1-11-16(26-14-5-3-4-12(8-14)19(23)25-2)7-6-15(22-11)18-13(10-21-24)9-17(20)27-18/h6-7,9-10,12,14,24H,3-5,8H2,1-2H3/b21-10+/t12-,14-/m0/s1. The minimum atomic E-state index is -0.166. The lowest BCUT2D eigenvalue weighted by Crippen LogP contribution is -2.30. The van der Waals surface area contributed by atoms with E-state index in [9.17, 15) is 4.79 Å². The SMILES string of the molecule is COC(=O)[C@H]1CCC[C@H](Oc2ccc(-c3sc(Cl)cc3/C=N/O)nc2C)C1. The second-order valence-corrected chi connectivity index (χ2v) is 8.17. The largest absolute Gasteiger partial charge is 0.489 e. The number of ether oxygens (including phenoxy) is 2. The molecule has 27 heavy (non-hydrogen) atoms. The van der Waals surface area contributed by atoms with Crippen LogP contribution < -0.4 is 4.74 Å². The van der Waals surface area contributed by atoms with Gasteiger partial charge in [0, 0.05) is 5.56 Å². The molecule has 144 valence electrons. The van der Waals surface area contributed by atoms with Crippen LogP contribution >= 0.6 is 22.9 Å². The number of rotatable bonds is 5. The van der Waals surface area contributed by atoms with E-state index in [2.05, 4.69) is 10.1 Å². The number of hydrogen-bond donors (Lipinski definition) is 1. The smallest absolute Gasteiger partial charge is 0.308 e. The highest BCUT2D eigenvalue weighted by molar-refractivity contribution is 7.19. The number of nitrogens with zero attached hydrogens (tertiary/aromatic N) is 2. The Morgan fingerprint density at radius 2 is 2.26 bits per heavy atom. The first-order valence-corrected chi connectivity index (χ1v) is 9.90. The summed E-state index contributed by atoms with van der Waals surface area (Å²) in [5, 5.41) is 11.9. The fourth-order valence-corrected chi connectivity index (χ4v) is 4.52. The van der Waals surface area contributed by atoms with Gasteiger partial charge in [0.1, 0.15) is 5.75 Å². The summed E-state index contributed by atoms with van der Waals surface area (Å²) >= 11 is 7.46. The predicted molar refractivity (Wildman–Crippen MR) is 105 cm³/mol. The Kier molecular flexibility index (Phi) is 6.34. The van der Waals surface area contributed by atoms with Gasteiger partial charge in [0.05, 0.1) is 45.9 Å². The van der Waals surface area contributed by atoms with Crippen molar-refractivity contribution in [3.05, 3.63) is 33.8 Å². The van der Waals surface area contributed by atoms with Crippen molar-refractivity contribution in [2.24, 2.45) is 11.1 Å². The van der Waals surface area contributed by atoms with Crippen LogP contribution in [0, 0.1) is 12.8 Å². The maximum Gasteiger partial charge on any atom is 0.308 e. The van der Waals surface area contributed by atoms with Gasteiger partial charge in [-0.05, 0) is 50.8 Å². The van der Waals surface area contributed by atoms with Gasteiger partial charge in [0.15, 0.2) is 0 Å².